The summed E-state index contributed by atoms with van der Waals surface area (Å²) in [6.45, 7) is 6.09. The van der Waals surface area contributed by atoms with E-state index in [-0.39, 0.29) is 5.38 Å². The molecule has 0 saturated carbocycles. The van der Waals surface area contributed by atoms with Gasteiger partial charge in [0.1, 0.15) is 5.82 Å². The molecule has 0 N–H and O–H groups in total. The van der Waals surface area contributed by atoms with Crippen molar-refractivity contribution in [1.29, 1.82) is 0 Å². The highest BCUT2D eigenvalue weighted by Gasteiger charge is 2.22. The Kier molecular flexibility index (Phi) is 3.93. The van der Waals surface area contributed by atoms with Gasteiger partial charge in [-0.1, -0.05) is 15.9 Å². The van der Waals surface area contributed by atoms with Crippen LogP contribution in [-0.4, -0.2) is 47.8 Å². The summed E-state index contributed by atoms with van der Waals surface area (Å²) >= 11 is 9.84. The number of piperazine rings is 1. The lowest BCUT2D eigenvalue weighted by Crippen LogP contribution is -2.50. The van der Waals surface area contributed by atoms with E-state index in [9.17, 15) is 0 Å². The van der Waals surface area contributed by atoms with Crippen molar-refractivity contribution in [3.63, 3.8) is 0 Å². The summed E-state index contributed by atoms with van der Waals surface area (Å²) in [6.07, 6.45) is 0. The first kappa shape index (κ1) is 14.2. The second-order valence-electron chi connectivity index (χ2n) is 5.29. The zero-order valence-corrected chi connectivity index (χ0v) is 14.0. The number of alkyl halides is 1. The molecule has 1 saturated heterocycles. The van der Waals surface area contributed by atoms with Crippen LogP contribution in [0.5, 0.6) is 0 Å². The van der Waals surface area contributed by atoms with Crippen molar-refractivity contribution in [1.82, 2.24) is 14.6 Å². The second kappa shape index (κ2) is 5.54. The minimum atomic E-state index is -0.110. The topological polar surface area (TPSA) is 24.3 Å². The van der Waals surface area contributed by atoms with Gasteiger partial charge in [-0.25, -0.2) is 9.66 Å². The quantitative estimate of drug-likeness (QED) is 0.772. The lowest BCUT2D eigenvalue weighted by molar-refractivity contribution is 0.287. The Morgan fingerprint density at radius 3 is 2.60 bits per heavy atom. The lowest BCUT2D eigenvalue weighted by atomic mass is 10.3. The third-order valence-electron chi connectivity index (χ3n) is 3.74. The summed E-state index contributed by atoms with van der Waals surface area (Å²) < 4.78 is 3.24. The van der Waals surface area contributed by atoms with Crippen molar-refractivity contribution in [3.8, 4) is 0 Å². The number of hydrogen-bond acceptors (Lipinski definition) is 3. The molecule has 3 rings (SSSR count). The highest BCUT2D eigenvalue weighted by Crippen LogP contribution is 2.27. The van der Waals surface area contributed by atoms with Gasteiger partial charge in [0, 0.05) is 30.7 Å². The molecular weight excluding hydrogens is 340 g/mol. The van der Waals surface area contributed by atoms with E-state index < -0.39 is 0 Å². The number of benzene rings is 1. The highest BCUT2D eigenvalue weighted by molar-refractivity contribution is 9.10. The molecule has 0 amide bonds. The molecular formula is C14H18BrClN4. The Hall–Kier alpha value is -0.780. The van der Waals surface area contributed by atoms with Gasteiger partial charge in [0.15, 0.2) is 0 Å². The predicted molar refractivity (Wildman–Crippen MR) is 87.1 cm³/mol. The molecule has 1 atom stereocenters. The van der Waals surface area contributed by atoms with Crippen LogP contribution in [0.15, 0.2) is 22.7 Å². The van der Waals surface area contributed by atoms with E-state index in [1.54, 1.807) is 0 Å². The molecule has 2 heterocycles. The number of aromatic nitrogens is 2. The van der Waals surface area contributed by atoms with E-state index in [0.717, 1.165) is 47.5 Å². The summed E-state index contributed by atoms with van der Waals surface area (Å²) in [5.41, 5.74) is 2.11. The highest BCUT2D eigenvalue weighted by atomic mass is 79.9. The summed E-state index contributed by atoms with van der Waals surface area (Å²) in [5.74, 6) is 0.921. The van der Waals surface area contributed by atoms with E-state index in [1.807, 2.05) is 13.0 Å². The standard InChI is InChI=1S/C14H18BrClN4/c1-10(16)14-17-12-9-11(15)3-4-13(12)20(14)19-7-5-18(2)6-8-19/h3-4,9-10H,5-8H2,1-2H3. The van der Waals surface area contributed by atoms with E-state index in [1.165, 1.54) is 0 Å². The van der Waals surface area contributed by atoms with Gasteiger partial charge in [-0.15, -0.1) is 11.6 Å². The third kappa shape index (κ3) is 2.54. The predicted octanol–water partition coefficient (Wildman–Crippen LogP) is 2.98. The summed E-state index contributed by atoms with van der Waals surface area (Å²) in [5, 5.41) is 2.23. The van der Waals surface area contributed by atoms with Gasteiger partial charge in [-0.3, -0.25) is 0 Å². The SMILES string of the molecule is CC(Cl)c1nc2cc(Br)ccc2n1N1CCN(C)CC1. The maximum atomic E-state index is 6.34. The van der Waals surface area contributed by atoms with Crippen LogP contribution in [-0.2, 0) is 0 Å². The van der Waals surface area contributed by atoms with Crippen molar-refractivity contribution in [3.05, 3.63) is 28.5 Å². The first-order chi connectivity index (χ1) is 9.56. The Labute approximate surface area is 132 Å². The molecule has 0 radical (unpaired) electrons. The molecule has 6 heteroatoms. The number of fused-ring (bicyclic) bond motifs is 1. The van der Waals surface area contributed by atoms with Gasteiger partial charge in [0.25, 0.3) is 0 Å². The minimum absolute atomic E-state index is 0.110. The monoisotopic (exact) mass is 356 g/mol. The van der Waals surface area contributed by atoms with E-state index >= 15 is 0 Å². The molecule has 0 aliphatic carbocycles. The summed E-state index contributed by atoms with van der Waals surface area (Å²) in [7, 11) is 2.16. The lowest BCUT2D eigenvalue weighted by Gasteiger charge is -2.35. The molecule has 1 aliphatic heterocycles. The van der Waals surface area contributed by atoms with Gasteiger partial charge in [-0.2, -0.15) is 0 Å². The van der Waals surface area contributed by atoms with Gasteiger partial charge >= 0.3 is 0 Å². The third-order valence-corrected chi connectivity index (χ3v) is 4.42. The van der Waals surface area contributed by atoms with Gasteiger partial charge < -0.3 is 9.91 Å². The maximum absolute atomic E-state index is 6.34. The smallest absolute Gasteiger partial charge is 0.146 e. The number of halogens is 2. The second-order valence-corrected chi connectivity index (χ2v) is 6.86. The van der Waals surface area contributed by atoms with Gasteiger partial charge in [-0.05, 0) is 32.2 Å². The molecule has 20 heavy (non-hydrogen) atoms. The maximum Gasteiger partial charge on any atom is 0.146 e. The van der Waals surface area contributed by atoms with Crippen LogP contribution in [0.4, 0.5) is 0 Å². The van der Waals surface area contributed by atoms with Crippen LogP contribution in [0.2, 0.25) is 0 Å². The number of hydrogen-bond donors (Lipinski definition) is 0. The Balaban J connectivity index is 2.09. The van der Waals surface area contributed by atoms with Crippen LogP contribution in [0.1, 0.15) is 18.1 Å². The van der Waals surface area contributed by atoms with E-state index in [4.69, 9.17) is 16.6 Å². The Morgan fingerprint density at radius 1 is 1.25 bits per heavy atom. The zero-order chi connectivity index (χ0) is 14.3. The van der Waals surface area contributed by atoms with E-state index in [0.29, 0.717) is 0 Å². The van der Waals surface area contributed by atoms with Gasteiger partial charge in [0.2, 0.25) is 0 Å². The molecule has 1 fully saturated rings. The fourth-order valence-electron chi connectivity index (χ4n) is 2.61. The average Bonchev–Trinajstić information content (AvgIpc) is 2.78. The largest absolute Gasteiger partial charge is 0.308 e. The average molecular weight is 358 g/mol. The molecule has 1 unspecified atom stereocenters. The molecule has 0 spiro atoms. The number of rotatable bonds is 2. The Morgan fingerprint density at radius 2 is 1.95 bits per heavy atom. The van der Waals surface area contributed by atoms with Crippen LogP contribution in [0.25, 0.3) is 11.0 Å². The van der Waals surface area contributed by atoms with Crippen LogP contribution >= 0.6 is 27.5 Å². The number of likely N-dealkylation sites (N-methyl/N-ethyl adjacent to an activating group) is 1. The van der Waals surface area contributed by atoms with Crippen molar-refractivity contribution < 1.29 is 0 Å². The number of imidazole rings is 1. The normalized spacial score (nSPS) is 18.7. The first-order valence-electron chi connectivity index (χ1n) is 6.82. The van der Waals surface area contributed by atoms with Crippen molar-refractivity contribution in [2.24, 2.45) is 0 Å². The van der Waals surface area contributed by atoms with Crippen LogP contribution in [0, 0.1) is 0 Å². The first-order valence-corrected chi connectivity index (χ1v) is 8.05. The molecule has 1 aliphatic rings. The molecule has 108 valence electrons. The summed E-state index contributed by atoms with van der Waals surface area (Å²) in [4.78, 5) is 7.06. The molecule has 4 nitrogen and oxygen atoms in total. The van der Waals surface area contributed by atoms with Crippen LogP contribution in [0.3, 0.4) is 0 Å². The minimum Gasteiger partial charge on any atom is -0.308 e. The van der Waals surface area contributed by atoms with Crippen molar-refractivity contribution >= 4 is 38.6 Å². The van der Waals surface area contributed by atoms with Gasteiger partial charge in [0.05, 0.1) is 16.4 Å². The van der Waals surface area contributed by atoms with E-state index in [2.05, 4.69) is 49.7 Å². The van der Waals surface area contributed by atoms with Crippen molar-refractivity contribution in [2.45, 2.75) is 12.3 Å². The molecule has 1 aromatic carbocycles. The molecule has 1 aromatic heterocycles. The molecule has 0 bridgehead atoms. The zero-order valence-electron chi connectivity index (χ0n) is 11.7. The van der Waals surface area contributed by atoms with Crippen LogP contribution < -0.4 is 5.01 Å². The Bertz CT molecular complexity index is 617. The van der Waals surface area contributed by atoms with Crippen molar-refractivity contribution in [2.75, 3.05) is 38.2 Å². The summed E-state index contributed by atoms with van der Waals surface area (Å²) in [6, 6.07) is 6.21. The number of nitrogens with zero attached hydrogens (tertiary/aromatic N) is 4. The molecule has 2 aromatic rings. The fraction of sp³-hybridized carbons (Fsp3) is 0.500. The fourth-order valence-corrected chi connectivity index (χ4v) is 3.10.